The molecule has 2 saturated heterocycles. The van der Waals surface area contributed by atoms with Crippen LogP contribution in [0, 0.1) is 5.92 Å². The molecule has 2 fully saturated rings. The van der Waals surface area contributed by atoms with E-state index in [0.29, 0.717) is 31.6 Å². The second kappa shape index (κ2) is 9.55. The molecule has 0 bridgehead atoms. The maximum atomic E-state index is 11.8. The van der Waals surface area contributed by atoms with Gasteiger partial charge in [-0.05, 0) is 38.3 Å². The van der Waals surface area contributed by atoms with Crippen LogP contribution in [0.2, 0.25) is 0 Å². The highest BCUT2D eigenvalue weighted by Crippen LogP contribution is 2.12. The molecular formula is C14H27ClN2O3. The highest BCUT2D eigenvalue weighted by molar-refractivity contribution is 5.85. The molecule has 0 saturated carbocycles. The van der Waals surface area contributed by atoms with Crippen molar-refractivity contribution in [1.82, 2.24) is 10.6 Å². The molecule has 5 nitrogen and oxygen atoms in total. The summed E-state index contributed by atoms with van der Waals surface area (Å²) in [7, 11) is 0. The summed E-state index contributed by atoms with van der Waals surface area (Å²) in [6.07, 6.45) is 3.92. The number of carbonyl (C=O) groups is 1. The first kappa shape index (κ1) is 17.7. The second-order valence-corrected chi connectivity index (χ2v) is 5.60. The third kappa shape index (κ3) is 5.95. The minimum atomic E-state index is 0. The Bertz CT molecular complexity index is 286. The number of amides is 1. The van der Waals surface area contributed by atoms with Crippen LogP contribution in [0.15, 0.2) is 0 Å². The lowest BCUT2D eigenvalue weighted by Crippen LogP contribution is -2.48. The average molecular weight is 307 g/mol. The standard InChI is InChI=1S/C14H26N2O3.ClH/c1-11-9-15-6-4-13(11)16-14(17)5-8-18-10-12-3-2-7-19-12;/h11-13,15H,2-10H2,1H3,(H,16,17);1H. The van der Waals surface area contributed by atoms with Gasteiger partial charge in [-0.25, -0.2) is 0 Å². The van der Waals surface area contributed by atoms with E-state index >= 15 is 0 Å². The fourth-order valence-corrected chi connectivity index (χ4v) is 2.66. The Morgan fingerprint density at radius 2 is 2.30 bits per heavy atom. The summed E-state index contributed by atoms with van der Waals surface area (Å²) < 4.78 is 11.0. The molecule has 0 aromatic rings. The number of piperidine rings is 1. The quantitative estimate of drug-likeness (QED) is 0.722. The van der Waals surface area contributed by atoms with Crippen molar-refractivity contribution in [3.8, 4) is 0 Å². The van der Waals surface area contributed by atoms with Crippen molar-refractivity contribution >= 4 is 18.3 Å². The van der Waals surface area contributed by atoms with Gasteiger partial charge < -0.3 is 20.1 Å². The summed E-state index contributed by atoms with van der Waals surface area (Å²) in [4.78, 5) is 11.8. The second-order valence-electron chi connectivity index (χ2n) is 5.60. The molecule has 6 heteroatoms. The van der Waals surface area contributed by atoms with E-state index in [0.717, 1.165) is 39.0 Å². The molecule has 3 atom stereocenters. The summed E-state index contributed by atoms with van der Waals surface area (Å²) in [6.45, 7) is 6.11. The zero-order valence-corrected chi connectivity index (χ0v) is 13.0. The molecule has 0 aromatic heterocycles. The number of hydrogen-bond donors (Lipinski definition) is 2. The SMILES string of the molecule is CC1CNCCC1NC(=O)CCOCC1CCCO1.Cl. The van der Waals surface area contributed by atoms with E-state index in [-0.39, 0.29) is 24.4 Å². The highest BCUT2D eigenvalue weighted by Gasteiger charge is 2.22. The van der Waals surface area contributed by atoms with Gasteiger partial charge in [0.2, 0.25) is 5.91 Å². The van der Waals surface area contributed by atoms with Gasteiger partial charge in [-0.1, -0.05) is 6.92 Å². The molecule has 2 aliphatic rings. The Hall–Kier alpha value is -0.360. The van der Waals surface area contributed by atoms with Crippen molar-refractivity contribution in [3.63, 3.8) is 0 Å². The van der Waals surface area contributed by atoms with Gasteiger partial charge in [-0.3, -0.25) is 4.79 Å². The topological polar surface area (TPSA) is 59.6 Å². The first-order chi connectivity index (χ1) is 9.25. The van der Waals surface area contributed by atoms with Gasteiger partial charge in [0.15, 0.2) is 0 Å². The summed E-state index contributed by atoms with van der Waals surface area (Å²) in [6, 6.07) is 0.312. The molecule has 0 radical (unpaired) electrons. The van der Waals surface area contributed by atoms with Gasteiger partial charge in [0.1, 0.15) is 0 Å². The molecule has 0 aliphatic carbocycles. The molecular weight excluding hydrogens is 280 g/mol. The van der Waals surface area contributed by atoms with Gasteiger partial charge >= 0.3 is 0 Å². The number of ether oxygens (including phenoxy) is 2. The lowest BCUT2D eigenvalue weighted by molar-refractivity contribution is -0.123. The Balaban J connectivity index is 0.00000200. The van der Waals surface area contributed by atoms with Gasteiger partial charge in [-0.2, -0.15) is 0 Å². The maximum Gasteiger partial charge on any atom is 0.222 e. The first-order valence-electron chi connectivity index (χ1n) is 7.45. The van der Waals surface area contributed by atoms with Crippen LogP contribution in [0.4, 0.5) is 0 Å². The van der Waals surface area contributed by atoms with E-state index in [2.05, 4.69) is 17.6 Å². The van der Waals surface area contributed by atoms with Crippen molar-refractivity contribution in [3.05, 3.63) is 0 Å². The zero-order valence-electron chi connectivity index (χ0n) is 12.2. The van der Waals surface area contributed by atoms with Crippen molar-refractivity contribution < 1.29 is 14.3 Å². The molecule has 20 heavy (non-hydrogen) atoms. The predicted molar refractivity (Wildman–Crippen MR) is 80.2 cm³/mol. The van der Waals surface area contributed by atoms with Crippen LogP contribution < -0.4 is 10.6 Å². The van der Waals surface area contributed by atoms with E-state index < -0.39 is 0 Å². The summed E-state index contributed by atoms with van der Waals surface area (Å²) >= 11 is 0. The summed E-state index contributed by atoms with van der Waals surface area (Å²) in [5, 5.41) is 6.44. The van der Waals surface area contributed by atoms with Crippen LogP contribution >= 0.6 is 12.4 Å². The van der Waals surface area contributed by atoms with E-state index in [4.69, 9.17) is 9.47 Å². The van der Waals surface area contributed by atoms with Gasteiger partial charge in [0.05, 0.1) is 19.3 Å². The summed E-state index contributed by atoms with van der Waals surface area (Å²) in [5.41, 5.74) is 0. The third-order valence-electron chi connectivity index (χ3n) is 3.93. The van der Waals surface area contributed by atoms with Crippen molar-refractivity contribution in [2.75, 3.05) is 32.9 Å². The smallest absolute Gasteiger partial charge is 0.222 e. The summed E-state index contributed by atoms with van der Waals surface area (Å²) in [5.74, 6) is 0.608. The number of carbonyl (C=O) groups excluding carboxylic acids is 1. The maximum absolute atomic E-state index is 11.8. The molecule has 3 unspecified atom stereocenters. The lowest BCUT2D eigenvalue weighted by atomic mass is 9.95. The number of nitrogens with one attached hydrogen (secondary N) is 2. The van der Waals surface area contributed by atoms with Crippen LogP contribution in [-0.4, -0.2) is 51.0 Å². The Morgan fingerprint density at radius 1 is 1.45 bits per heavy atom. The van der Waals surface area contributed by atoms with E-state index in [1.165, 1.54) is 0 Å². The molecule has 2 N–H and O–H groups in total. The number of hydrogen-bond acceptors (Lipinski definition) is 4. The van der Waals surface area contributed by atoms with Gasteiger partial charge in [0.25, 0.3) is 0 Å². The van der Waals surface area contributed by atoms with Crippen LogP contribution in [0.3, 0.4) is 0 Å². The fourth-order valence-electron chi connectivity index (χ4n) is 2.66. The average Bonchev–Trinajstić information content (AvgIpc) is 2.91. The normalized spacial score (nSPS) is 29.8. The Labute approximate surface area is 127 Å². The van der Waals surface area contributed by atoms with Gasteiger partial charge in [0, 0.05) is 19.1 Å². The minimum Gasteiger partial charge on any atom is -0.378 e. The first-order valence-corrected chi connectivity index (χ1v) is 7.45. The molecule has 0 spiro atoms. The van der Waals surface area contributed by atoms with Crippen molar-refractivity contribution in [2.45, 2.75) is 44.8 Å². The Morgan fingerprint density at radius 3 is 3.00 bits per heavy atom. The molecule has 2 aliphatic heterocycles. The van der Waals surface area contributed by atoms with Crippen LogP contribution in [0.25, 0.3) is 0 Å². The van der Waals surface area contributed by atoms with Crippen LogP contribution in [0.1, 0.15) is 32.6 Å². The largest absolute Gasteiger partial charge is 0.378 e. The Kier molecular flexibility index (Phi) is 8.45. The lowest BCUT2D eigenvalue weighted by Gasteiger charge is -2.30. The fraction of sp³-hybridized carbons (Fsp3) is 0.929. The molecule has 2 rings (SSSR count). The molecule has 2 heterocycles. The zero-order chi connectivity index (χ0) is 13.5. The molecule has 0 aromatic carbocycles. The van der Waals surface area contributed by atoms with E-state index in [9.17, 15) is 4.79 Å². The van der Waals surface area contributed by atoms with Gasteiger partial charge in [-0.15, -0.1) is 12.4 Å². The van der Waals surface area contributed by atoms with Crippen molar-refractivity contribution in [2.24, 2.45) is 5.92 Å². The minimum absolute atomic E-state index is 0. The third-order valence-corrected chi connectivity index (χ3v) is 3.93. The number of halogens is 1. The number of rotatable bonds is 6. The van der Waals surface area contributed by atoms with E-state index in [1.54, 1.807) is 0 Å². The molecule has 1 amide bonds. The highest BCUT2D eigenvalue weighted by atomic mass is 35.5. The van der Waals surface area contributed by atoms with Crippen LogP contribution in [-0.2, 0) is 14.3 Å². The van der Waals surface area contributed by atoms with Crippen LogP contribution in [0.5, 0.6) is 0 Å². The van der Waals surface area contributed by atoms with Crippen molar-refractivity contribution in [1.29, 1.82) is 0 Å². The molecule has 118 valence electrons. The predicted octanol–water partition coefficient (Wildman–Crippen LogP) is 1.11. The monoisotopic (exact) mass is 306 g/mol. The van der Waals surface area contributed by atoms with E-state index in [1.807, 2.05) is 0 Å².